The van der Waals surface area contributed by atoms with Crippen molar-refractivity contribution in [3.05, 3.63) is 58.7 Å². The summed E-state index contributed by atoms with van der Waals surface area (Å²) in [5, 5.41) is 1.25. The van der Waals surface area contributed by atoms with E-state index in [0.29, 0.717) is 16.1 Å². The third-order valence-corrected chi connectivity index (χ3v) is 3.41. The molecule has 0 saturated carbocycles. The van der Waals surface area contributed by atoms with E-state index in [-0.39, 0.29) is 5.78 Å². The molecule has 1 aromatic carbocycles. The zero-order valence-electron chi connectivity index (χ0n) is 9.18. The van der Waals surface area contributed by atoms with Crippen LogP contribution in [0.3, 0.4) is 0 Å². The van der Waals surface area contributed by atoms with E-state index in [0.717, 1.165) is 5.03 Å². The molecule has 4 heteroatoms. The van der Waals surface area contributed by atoms with Crippen LogP contribution < -0.4 is 0 Å². The van der Waals surface area contributed by atoms with E-state index in [9.17, 15) is 4.79 Å². The molecule has 0 N–H and O–H groups in total. The molecule has 0 aliphatic rings. The predicted octanol–water partition coefficient (Wildman–Crippen LogP) is 3.69. The molecule has 0 unspecified atom stereocenters. The molecule has 86 valence electrons. The highest BCUT2D eigenvalue weighted by atomic mass is 35.5. The maximum atomic E-state index is 12.1. The van der Waals surface area contributed by atoms with Gasteiger partial charge >= 0.3 is 0 Å². The summed E-state index contributed by atoms with van der Waals surface area (Å²) < 4.78 is 0. The summed E-state index contributed by atoms with van der Waals surface area (Å²) in [6.07, 6.45) is 3.46. The normalized spacial score (nSPS) is 10.2. The molecule has 2 aromatic rings. The topological polar surface area (TPSA) is 30.0 Å². The Kier molecular flexibility index (Phi) is 3.82. The lowest BCUT2D eigenvalue weighted by molar-refractivity contribution is 0.103. The summed E-state index contributed by atoms with van der Waals surface area (Å²) >= 11 is 7.48. The molecule has 0 atom stereocenters. The van der Waals surface area contributed by atoms with Crippen LogP contribution in [-0.2, 0) is 0 Å². The van der Waals surface area contributed by atoms with Crippen molar-refractivity contribution in [3.8, 4) is 0 Å². The minimum absolute atomic E-state index is 0.0624. The predicted molar refractivity (Wildman–Crippen MR) is 70.9 cm³/mol. The average molecular weight is 264 g/mol. The highest BCUT2D eigenvalue weighted by molar-refractivity contribution is 7.98. The number of pyridine rings is 1. The molecule has 0 aliphatic carbocycles. The minimum atomic E-state index is -0.0624. The summed E-state index contributed by atoms with van der Waals surface area (Å²) in [7, 11) is 0. The third-order valence-electron chi connectivity index (χ3n) is 2.30. The number of carbonyl (C=O) groups is 1. The summed E-state index contributed by atoms with van der Waals surface area (Å²) in [4.78, 5) is 16.2. The van der Waals surface area contributed by atoms with E-state index in [2.05, 4.69) is 4.98 Å². The first-order valence-corrected chi connectivity index (χ1v) is 6.62. The molecule has 0 saturated heterocycles. The second-order valence-electron chi connectivity index (χ2n) is 3.41. The summed E-state index contributed by atoms with van der Waals surface area (Å²) in [5.41, 5.74) is 1.15. The van der Waals surface area contributed by atoms with Crippen molar-refractivity contribution in [1.82, 2.24) is 4.98 Å². The van der Waals surface area contributed by atoms with Crippen LogP contribution in [0, 0.1) is 0 Å². The van der Waals surface area contributed by atoms with Gasteiger partial charge in [0, 0.05) is 17.3 Å². The Morgan fingerprint density at radius 2 is 1.94 bits per heavy atom. The lowest BCUT2D eigenvalue weighted by atomic mass is 10.1. The second kappa shape index (κ2) is 5.34. The number of ketones is 1. The van der Waals surface area contributed by atoms with Crippen molar-refractivity contribution in [2.24, 2.45) is 0 Å². The lowest BCUT2D eigenvalue weighted by Crippen LogP contribution is -2.02. The monoisotopic (exact) mass is 263 g/mol. The molecule has 0 amide bonds. The number of benzene rings is 1. The molecule has 0 spiro atoms. The first-order chi connectivity index (χ1) is 8.22. The standard InChI is InChI=1S/C13H10ClNOS/c1-17-13-11(14)7-10(8-15-13)12(16)9-5-3-2-4-6-9/h2-8H,1H3. The van der Waals surface area contributed by atoms with Crippen molar-refractivity contribution in [1.29, 1.82) is 0 Å². The summed E-state index contributed by atoms with van der Waals surface area (Å²) in [5.74, 6) is -0.0624. The van der Waals surface area contributed by atoms with Gasteiger partial charge in [-0.05, 0) is 12.3 Å². The molecule has 0 fully saturated rings. The molecule has 0 radical (unpaired) electrons. The van der Waals surface area contributed by atoms with Crippen LogP contribution in [0.25, 0.3) is 0 Å². The fraction of sp³-hybridized carbons (Fsp3) is 0.0769. The van der Waals surface area contributed by atoms with Crippen LogP contribution in [0.4, 0.5) is 0 Å². The Labute approximate surface area is 109 Å². The molecule has 2 rings (SSSR count). The Balaban J connectivity index is 2.35. The van der Waals surface area contributed by atoms with Gasteiger partial charge in [-0.3, -0.25) is 4.79 Å². The SMILES string of the molecule is CSc1ncc(C(=O)c2ccccc2)cc1Cl. The van der Waals surface area contributed by atoms with E-state index in [1.54, 1.807) is 24.4 Å². The Hall–Kier alpha value is -1.32. The van der Waals surface area contributed by atoms with Gasteiger partial charge in [0.2, 0.25) is 0 Å². The second-order valence-corrected chi connectivity index (χ2v) is 4.61. The Morgan fingerprint density at radius 3 is 2.53 bits per heavy atom. The zero-order valence-corrected chi connectivity index (χ0v) is 10.8. The quantitative estimate of drug-likeness (QED) is 0.625. The van der Waals surface area contributed by atoms with Gasteiger partial charge in [0.15, 0.2) is 5.78 Å². The molecular weight excluding hydrogens is 254 g/mol. The number of rotatable bonds is 3. The zero-order chi connectivity index (χ0) is 12.3. The molecule has 2 nitrogen and oxygen atoms in total. The van der Waals surface area contributed by atoms with Gasteiger partial charge in [-0.25, -0.2) is 4.98 Å². The highest BCUT2D eigenvalue weighted by Crippen LogP contribution is 2.24. The van der Waals surface area contributed by atoms with Crippen molar-refractivity contribution >= 4 is 29.1 Å². The Bertz CT molecular complexity index is 542. The van der Waals surface area contributed by atoms with Gasteiger partial charge < -0.3 is 0 Å². The van der Waals surface area contributed by atoms with Crippen molar-refractivity contribution < 1.29 is 4.79 Å². The minimum Gasteiger partial charge on any atom is -0.289 e. The van der Waals surface area contributed by atoms with Crippen LogP contribution in [0.2, 0.25) is 5.02 Å². The number of carbonyl (C=O) groups excluding carboxylic acids is 1. The number of aromatic nitrogens is 1. The smallest absolute Gasteiger partial charge is 0.194 e. The lowest BCUT2D eigenvalue weighted by Gasteiger charge is -2.03. The van der Waals surface area contributed by atoms with Gasteiger partial charge in [-0.2, -0.15) is 0 Å². The summed E-state index contributed by atoms with van der Waals surface area (Å²) in [6.45, 7) is 0. The number of hydrogen-bond acceptors (Lipinski definition) is 3. The van der Waals surface area contributed by atoms with E-state index in [1.165, 1.54) is 11.8 Å². The van der Waals surface area contributed by atoms with E-state index in [1.807, 2.05) is 24.5 Å². The molecular formula is C13H10ClNOS. The molecule has 1 aromatic heterocycles. The Morgan fingerprint density at radius 1 is 1.24 bits per heavy atom. The van der Waals surface area contributed by atoms with Crippen LogP contribution >= 0.6 is 23.4 Å². The van der Waals surface area contributed by atoms with Gasteiger partial charge in [0.1, 0.15) is 5.03 Å². The van der Waals surface area contributed by atoms with Gasteiger partial charge in [-0.15, -0.1) is 11.8 Å². The number of nitrogens with zero attached hydrogens (tertiary/aromatic N) is 1. The fourth-order valence-corrected chi connectivity index (χ4v) is 2.27. The average Bonchev–Trinajstić information content (AvgIpc) is 2.39. The largest absolute Gasteiger partial charge is 0.289 e. The van der Waals surface area contributed by atoms with Gasteiger partial charge in [-0.1, -0.05) is 41.9 Å². The van der Waals surface area contributed by atoms with Crippen molar-refractivity contribution in [2.45, 2.75) is 5.03 Å². The maximum Gasteiger partial charge on any atom is 0.194 e. The molecule has 0 aliphatic heterocycles. The third kappa shape index (κ3) is 2.68. The van der Waals surface area contributed by atoms with Crippen molar-refractivity contribution in [2.75, 3.05) is 6.26 Å². The first-order valence-electron chi connectivity index (χ1n) is 5.01. The van der Waals surface area contributed by atoms with Crippen LogP contribution in [0.15, 0.2) is 47.6 Å². The van der Waals surface area contributed by atoms with Crippen LogP contribution in [0.1, 0.15) is 15.9 Å². The molecule has 1 heterocycles. The maximum absolute atomic E-state index is 12.1. The summed E-state index contributed by atoms with van der Waals surface area (Å²) in [6, 6.07) is 10.8. The fourth-order valence-electron chi connectivity index (χ4n) is 1.46. The van der Waals surface area contributed by atoms with E-state index >= 15 is 0 Å². The molecule has 0 bridgehead atoms. The van der Waals surface area contributed by atoms with E-state index < -0.39 is 0 Å². The first kappa shape index (κ1) is 12.1. The number of halogens is 1. The van der Waals surface area contributed by atoms with Gasteiger partial charge in [0.25, 0.3) is 0 Å². The number of thioether (sulfide) groups is 1. The van der Waals surface area contributed by atoms with Gasteiger partial charge in [0.05, 0.1) is 5.02 Å². The highest BCUT2D eigenvalue weighted by Gasteiger charge is 2.11. The number of hydrogen-bond donors (Lipinski definition) is 0. The van der Waals surface area contributed by atoms with Crippen molar-refractivity contribution in [3.63, 3.8) is 0 Å². The van der Waals surface area contributed by atoms with Crippen LogP contribution in [0.5, 0.6) is 0 Å². The molecule has 17 heavy (non-hydrogen) atoms. The van der Waals surface area contributed by atoms with E-state index in [4.69, 9.17) is 11.6 Å². The van der Waals surface area contributed by atoms with Crippen LogP contribution in [-0.4, -0.2) is 17.0 Å².